The Hall–Kier alpha value is -1.64. The van der Waals surface area contributed by atoms with Gasteiger partial charge in [-0.3, -0.25) is 0 Å². The number of aromatic hydroxyl groups is 2. The Bertz CT molecular complexity index is 471. The molecule has 1 aromatic heterocycles. The maximum Gasteiger partial charge on any atom is 0.161 e. The number of phenolic OH excluding ortho intramolecular Hbond substituents is 2. The number of nitrogens with one attached hydrogen (secondary N) is 1. The van der Waals surface area contributed by atoms with Gasteiger partial charge in [-0.15, -0.1) is 0 Å². The van der Waals surface area contributed by atoms with Crippen LogP contribution in [0.1, 0.15) is 11.3 Å². The Labute approximate surface area is 75.6 Å². The van der Waals surface area contributed by atoms with Crippen molar-refractivity contribution in [2.45, 2.75) is 13.8 Å². The monoisotopic (exact) mass is 177 g/mol. The van der Waals surface area contributed by atoms with E-state index in [4.69, 9.17) is 0 Å². The van der Waals surface area contributed by atoms with Crippen molar-refractivity contribution >= 4 is 10.9 Å². The first-order valence-corrected chi connectivity index (χ1v) is 4.10. The van der Waals surface area contributed by atoms with Crippen LogP contribution >= 0.6 is 0 Å². The van der Waals surface area contributed by atoms with Gasteiger partial charge in [0.1, 0.15) is 0 Å². The van der Waals surface area contributed by atoms with Gasteiger partial charge in [-0.1, -0.05) is 0 Å². The van der Waals surface area contributed by atoms with Crippen molar-refractivity contribution in [1.29, 1.82) is 0 Å². The molecule has 0 amide bonds. The molecule has 0 atom stereocenters. The van der Waals surface area contributed by atoms with E-state index in [-0.39, 0.29) is 11.5 Å². The van der Waals surface area contributed by atoms with Gasteiger partial charge in [0.15, 0.2) is 11.5 Å². The Morgan fingerprint density at radius 3 is 2.54 bits per heavy atom. The predicted octanol–water partition coefficient (Wildman–Crippen LogP) is 2.20. The molecule has 3 nitrogen and oxygen atoms in total. The SMILES string of the molecule is Cc1cc2c(C)c(O)c(O)cc2[nH]1. The zero-order chi connectivity index (χ0) is 9.59. The molecule has 1 heterocycles. The number of H-pyrrole nitrogens is 1. The molecular weight excluding hydrogens is 166 g/mol. The quantitative estimate of drug-likeness (QED) is 0.540. The summed E-state index contributed by atoms with van der Waals surface area (Å²) in [6, 6.07) is 3.48. The van der Waals surface area contributed by atoms with Crippen LogP contribution in [-0.2, 0) is 0 Å². The second kappa shape index (κ2) is 2.42. The average Bonchev–Trinajstić information content (AvgIpc) is 2.42. The molecule has 0 spiro atoms. The fraction of sp³-hybridized carbons (Fsp3) is 0.200. The molecule has 0 bridgehead atoms. The van der Waals surface area contributed by atoms with Gasteiger partial charge >= 0.3 is 0 Å². The molecule has 1 aromatic carbocycles. The summed E-state index contributed by atoms with van der Waals surface area (Å²) in [7, 11) is 0. The van der Waals surface area contributed by atoms with Crippen LogP contribution in [0.15, 0.2) is 12.1 Å². The minimum atomic E-state index is -0.0770. The number of benzene rings is 1. The van der Waals surface area contributed by atoms with Gasteiger partial charge in [0, 0.05) is 28.2 Å². The van der Waals surface area contributed by atoms with E-state index >= 15 is 0 Å². The molecular formula is C10H11NO2. The van der Waals surface area contributed by atoms with Gasteiger partial charge in [-0.05, 0) is 19.9 Å². The molecule has 3 N–H and O–H groups in total. The van der Waals surface area contributed by atoms with Crippen LogP contribution < -0.4 is 0 Å². The molecule has 0 radical (unpaired) electrons. The first-order chi connectivity index (χ1) is 6.09. The zero-order valence-corrected chi connectivity index (χ0v) is 7.55. The molecule has 3 heteroatoms. The Morgan fingerprint density at radius 1 is 1.15 bits per heavy atom. The summed E-state index contributed by atoms with van der Waals surface area (Å²) < 4.78 is 0. The lowest BCUT2D eigenvalue weighted by Crippen LogP contribution is -1.77. The Balaban J connectivity index is 2.92. The van der Waals surface area contributed by atoms with Crippen LogP contribution in [0.3, 0.4) is 0 Å². The lowest BCUT2D eigenvalue weighted by molar-refractivity contribution is 0.402. The topological polar surface area (TPSA) is 56.2 Å². The van der Waals surface area contributed by atoms with E-state index in [9.17, 15) is 10.2 Å². The molecule has 0 aliphatic heterocycles. The third kappa shape index (κ3) is 1.04. The molecule has 0 saturated heterocycles. The Kier molecular flexibility index (Phi) is 1.49. The zero-order valence-electron chi connectivity index (χ0n) is 7.55. The fourth-order valence-corrected chi connectivity index (χ4v) is 1.56. The predicted molar refractivity (Wildman–Crippen MR) is 51.1 cm³/mol. The van der Waals surface area contributed by atoms with E-state index in [0.717, 1.165) is 16.6 Å². The van der Waals surface area contributed by atoms with Gasteiger partial charge in [-0.25, -0.2) is 0 Å². The van der Waals surface area contributed by atoms with Gasteiger partial charge in [0.2, 0.25) is 0 Å². The van der Waals surface area contributed by atoms with Crippen molar-refractivity contribution in [2.75, 3.05) is 0 Å². The van der Waals surface area contributed by atoms with E-state index < -0.39 is 0 Å². The van der Waals surface area contributed by atoms with Crippen molar-refractivity contribution in [3.8, 4) is 11.5 Å². The second-order valence-corrected chi connectivity index (χ2v) is 3.28. The lowest BCUT2D eigenvalue weighted by Gasteiger charge is -2.02. The fourth-order valence-electron chi connectivity index (χ4n) is 1.56. The summed E-state index contributed by atoms with van der Waals surface area (Å²) in [5, 5.41) is 19.7. The van der Waals surface area contributed by atoms with E-state index in [2.05, 4.69) is 4.98 Å². The highest BCUT2D eigenvalue weighted by molar-refractivity contribution is 5.87. The first-order valence-electron chi connectivity index (χ1n) is 4.10. The minimum Gasteiger partial charge on any atom is -0.504 e. The molecule has 0 aliphatic rings. The second-order valence-electron chi connectivity index (χ2n) is 3.28. The number of rotatable bonds is 0. The number of hydrogen-bond acceptors (Lipinski definition) is 2. The van der Waals surface area contributed by atoms with Crippen LogP contribution in [0.4, 0.5) is 0 Å². The molecule has 0 saturated carbocycles. The van der Waals surface area contributed by atoms with E-state index in [0.29, 0.717) is 5.56 Å². The van der Waals surface area contributed by atoms with Crippen LogP contribution in [-0.4, -0.2) is 15.2 Å². The van der Waals surface area contributed by atoms with Crippen molar-refractivity contribution < 1.29 is 10.2 Å². The van der Waals surface area contributed by atoms with Crippen molar-refractivity contribution in [3.05, 3.63) is 23.4 Å². The normalized spacial score (nSPS) is 10.9. The molecule has 13 heavy (non-hydrogen) atoms. The van der Waals surface area contributed by atoms with E-state index in [1.165, 1.54) is 6.07 Å². The molecule has 0 fully saturated rings. The number of aryl methyl sites for hydroxylation is 2. The average molecular weight is 177 g/mol. The highest BCUT2D eigenvalue weighted by atomic mass is 16.3. The summed E-state index contributed by atoms with van der Waals surface area (Å²) in [6.07, 6.45) is 0. The van der Waals surface area contributed by atoms with E-state index in [1.807, 2.05) is 13.0 Å². The van der Waals surface area contributed by atoms with Crippen LogP contribution in [0, 0.1) is 13.8 Å². The molecule has 2 rings (SSSR count). The van der Waals surface area contributed by atoms with E-state index in [1.54, 1.807) is 6.92 Å². The summed E-state index contributed by atoms with van der Waals surface area (Å²) in [5.41, 5.74) is 2.58. The van der Waals surface area contributed by atoms with Crippen molar-refractivity contribution in [3.63, 3.8) is 0 Å². The Morgan fingerprint density at radius 2 is 1.85 bits per heavy atom. The summed E-state index contributed by atoms with van der Waals surface area (Å²) in [5.74, 6) is -0.113. The van der Waals surface area contributed by atoms with Gasteiger partial charge in [0.25, 0.3) is 0 Å². The van der Waals surface area contributed by atoms with Gasteiger partial charge < -0.3 is 15.2 Å². The molecule has 0 unspecified atom stereocenters. The third-order valence-corrected chi connectivity index (χ3v) is 2.27. The standard InChI is InChI=1S/C10H11NO2/c1-5-3-7-6(2)10(13)9(12)4-8(7)11-5/h3-4,11-13H,1-2H3. The lowest BCUT2D eigenvalue weighted by atomic mass is 10.1. The summed E-state index contributed by atoms with van der Waals surface area (Å²) in [4.78, 5) is 3.10. The minimum absolute atomic E-state index is 0.0356. The molecule has 2 aromatic rings. The largest absolute Gasteiger partial charge is 0.504 e. The summed E-state index contributed by atoms with van der Waals surface area (Å²) in [6.45, 7) is 3.72. The van der Waals surface area contributed by atoms with Crippen LogP contribution in [0.2, 0.25) is 0 Å². The highest BCUT2D eigenvalue weighted by Gasteiger charge is 2.09. The smallest absolute Gasteiger partial charge is 0.161 e. The number of fused-ring (bicyclic) bond motifs is 1. The highest BCUT2D eigenvalue weighted by Crippen LogP contribution is 2.34. The first kappa shape index (κ1) is 7.98. The number of aromatic amines is 1. The molecule has 0 aliphatic carbocycles. The third-order valence-electron chi connectivity index (χ3n) is 2.27. The maximum absolute atomic E-state index is 9.45. The van der Waals surface area contributed by atoms with Crippen LogP contribution in [0.5, 0.6) is 11.5 Å². The summed E-state index contributed by atoms with van der Waals surface area (Å²) >= 11 is 0. The van der Waals surface area contributed by atoms with Gasteiger partial charge in [0.05, 0.1) is 0 Å². The molecule has 68 valence electrons. The number of hydrogen-bond donors (Lipinski definition) is 3. The van der Waals surface area contributed by atoms with Crippen LogP contribution in [0.25, 0.3) is 10.9 Å². The number of phenols is 2. The van der Waals surface area contributed by atoms with Crippen molar-refractivity contribution in [2.24, 2.45) is 0 Å². The number of aromatic nitrogens is 1. The van der Waals surface area contributed by atoms with Crippen molar-refractivity contribution in [1.82, 2.24) is 4.98 Å². The van der Waals surface area contributed by atoms with Gasteiger partial charge in [-0.2, -0.15) is 0 Å². The maximum atomic E-state index is 9.45.